The summed E-state index contributed by atoms with van der Waals surface area (Å²) in [6, 6.07) is 32.7. The van der Waals surface area contributed by atoms with Crippen LogP contribution in [0.2, 0.25) is 0 Å². The van der Waals surface area contributed by atoms with Crippen LogP contribution in [-0.4, -0.2) is 17.1 Å². The number of anilines is 3. The van der Waals surface area contributed by atoms with Crippen LogP contribution in [-0.2, 0) is 0 Å². The molecule has 2 N–H and O–H groups in total. The Bertz CT molecular complexity index is 1420. The Morgan fingerprint density at radius 3 is 1.97 bits per heavy atom. The van der Waals surface area contributed by atoms with Crippen LogP contribution in [0.3, 0.4) is 0 Å². The van der Waals surface area contributed by atoms with Crippen LogP contribution in [0, 0.1) is 6.92 Å². The minimum Gasteiger partial charge on any atom is -0.497 e. The van der Waals surface area contributed by atoms with E-state index in [-0.39, 0.29) is 0 Å². The molecule has 5 rings (SSSR count). The summed E-state index contributed by atoms with van der Waals surface area (Å²) < 4.78 is 8.82. The first-order valence-electron chi connectivity index (χ1n) is 12.0. The first-order valence-corrected chi connectivity index (χ1v) is 12.8. The molecule has 0 aliphatic heterocycles. The number of ether oxygens (including phenoxy) is 1. The molecule has 182 valence electrons. The Hall–Kier alpha value is -4.03. The highest BCUT2D eigenvalue weighted by Crippen LogP contribution is 2.31. The predicted octanol–water partition coefficient (Wildman–Crippen LogP) is 8.50. The van der Waals surface area contributed by atoms with E-state index < -0.39 is 0 Å². The van der Waals surface area contributed by atoms with E-state index in [1.165, 1.54) is 23.1 Å². The fourth-order valence-electron chi connectivity index (χ4n) is 3.69. The smallest absolute Gasteiger partial charge is 0.180 e. The molecule has 0 spiro atoms. The molecule has 0 radical (unpaired) electrons. The van der Waals surface area contributed by atoms with E-state index in [0.717, 1.165) is 32.9 Å². The topological polar surface area (TPSA) is 59.1 Å². The molecule has 0 fully saturated rings. The van der Waals surface area contributed by atoms with E-state index in [2.05, 4.69) is 64.6 Å². The first kappa shape index (κ1) is 25.1. The van der Waals surface area contributed by atoms with Crippen molar-refractivity contribution in [3.63, 3.8) is 0 Å². The number of hydrogen-bond acceptors (Lipinski definition) is 6. The van der Waals surface area contributed by atoms with Gasteiger partial charge in [0.15, 0.2) is 11.6 Å². The van der Waals surface area contributed by atoms with Gasteiger partial charge in [-0.1, -0.05) is 68.4 Å². The minimum absolute atomic E-state index is 0.653. The molecule has 4 aromatic carbocycles. The van der Waals surface area contributed by atoms with E-state index in [0.29, 0.717) is 11.6 Å². The second-order valence-corrected chi connectivity index (χ2v) is 8.75. The zero-order valence-corrected chi connectivity index (χ0v) is 21.8. The normalized spacial score (nSPS) is 10.3. The molecule has 6 heteroatoms. The van der Waals surface area contributed by atoms with E-state index in [1.807, 2.05) is 63.2 Å². The van der Waals surface area contributed by atoms with Gasteiger partial charge in [-0.05, 0) is 72.0 Å². The van der Waals surface area contributed by atoms with Crippen LogP contribution in [0.5, 0.6) is 5.75 Å². The second kappa shape index (κ2) is 12.1. The SMILES string of the molecule is CC.COc1cc(C)cc(Nc2nc3ccccc3nc2NSc2ccc(-c3ccccc3)cc2)c1. The van der Waals surface area contributed by atoms with E-state index in [4.69, 9.17) is 14.7 Å². The Kier molecular flexibility index (Phi) is 8.42. The van der Waals surface area contributed by atoms with E-state index in [9.17, 15) is 0 Å². The average molecular weight is 495 g/mol. The number of fused-ring (bicyclic) bond motifs is 1. The summed E-state index contributed by atoms with van der Waals surface area (Å²) in [4.78, 5) is 10.7. The molecule has 0 unspecified atom stereocenters. The van der Waals surface area contributed by atoms with Crippen molar-refractivity contribution in [2.24, 2.45) is 0 Å². The molecule has 36 heavy (non-hydrogen) atoms. The van der Waals surface area contributed by atoms with Crippen molar-refractivity contribution in [2.45, 2.75) is 25.7 Å². The number of benzene rings is 4. The summed E-state index contributed by atoms with van der Waals surface area (Å²) in [6.45, 7) is 6.04. The van der Waals surface area contributed by atoms with Crippen LogP contribution in [0.4, 0.5) is 17.3 Å². The van der Waals surface area contributed by atoms with E-state index in [1.54, 1.807) is 7.11 Å². The number of aromatic nitrogens is 2. The molecular weight excluding hydrogens is 464 g/mol. The molecule has 5 nitrogen and oxygen atoms in total. The number of methoxy groups -OCH3 is 1. The third-order valence-electron chi connectivity index (χ3n) is 5.35. The maximum Gasteiger partial charge on any atom is 0.180 e. The largest absolute Gasteiger partial charge is 0.497 e. The number of nitrogens with zero attached hydrogens (tertiary/aromatic N) is 2. The minimum atomic E-state index is 0.653. The lowest BCUT2D eigenvalue weighted by Crippen LogP contribution is -2.02. The molecule has 0 amide bonds. The van der Waals surface area contributed by atoms with Crippen molar-refractivity contribution in [3.05, 3.63) is 103 Å². The highest BCUT2D eigenvalue weighted by atomic mass is 32.2. The summed E-state index contributed by atoms with van der Waals surface area (Å²) in [7, 11) is 1.67. The number of nitrogens with one attached hydrogen (secondary N) is 2. The molecular formula is C30H30N4OS. The molecule has 0 aliphatic carbocycles. The van der Waals surface area contributed by atoms with Crippen LogP contribution in [0.25, 0.3) is 22.2 Å². The van der Waals surface area contributed by atoms with Crippen molar-refractivity contribution in [1.29, 1.82) is 0 Å². The summed E-state index contributed by atoms with van der Waals surface area (Å²) in [5.74, 6) is 2.11. The third kappa shape index (κ3) is 6.15. The summed E-state index contributed by atoms with van der Waals surface area (Å²) in [5.41, 5.74) is 6.03. The van der Waals surface area contributed by atoms with Crippen molar-refractivity contribution in [3.8, 4) is 16.9 Å². The molecule has 0 aliphatic rings. The van der Waals surface area contributed by atoms with Gasteiger partial charge in [-0.25, -0.2) is 9.97 Å². The third-order valence-corrected chi connectivity index (χ3v) is 6.15. The van der Waals surface area contributed by atoms with Crippen LogP contribution in [0.15, 0.2) is 102 Å². The highest BCUT2D eigenvalue weighted by Gasteiger charge is 2.11. The second-order valence-electron chi connectivity index (χ2n) is 7.87. The molecule has 0 saturated heterocycles. The monoisotopic (exact) mass is 494 g/mol. The lowest BCUT2D eigenvalue weighted by molar-refractivity contribution is 0.414. The molecule has 0 atom stereocenters. The van der Waals surface area contributed by atoms with Gasteiger partial charge in [0.1, 0.15) is 5.75 Å². The zero-order valence-electron chi connectivity index (χ0n) is 20.9. The maximum atomic E-state index is 5.42. The lowest BCUT2D eigenvalue weighted by atomic mass is 10.1. The summed E-state index contributed by atoms with van der Waals surface area (Å²) in [5, 5.41) is 3.42. The van der Waals surface area contributed by atoms with Crippen molar-refractivity contribution < 1.29 is 4.74 Å². The van der Waals surface area contributed by atoms with Crippen LogP contribution < -0.4 is 14.8 Å². The number of hydrogen-bond donors (Lipinski definition) is 2. The van der Waals surface area contributed by atoms with Gasteiger partial charge in [-0.3, -0.25) is 0 Å². The van der Waals surface area contributed by atoms with Crippen molar-refractivity contribution in [2.75, 3.05) is 17.1 Å². The number of rotatable bonds is 7. The van der Waals surface area contributed by atoms with Crippen LogP contribution >= 0.6 is 11.9 Å². The molecule has 0 bridgehead atoms. The van der Waals surface area contributed by atoms with Crippen LogP contribution in [0.1, 0.15) is 19.4 Å². The highest BCUT2D eigenvalue weighted by molar-refractivity contribution is 8.00. The summed E-state index contributed by atoms with van der Waals surface area (Å²) in [6.07, 6.45) is 0. The Morgan fingerprint density at radius 1 is 0.694 bits per heavy atom. The van der Waals surface area contributed by atoms with Gasteiger partial charge in [-0.2, -0.15) is 0 Å². The maximum absolute atomic E-state index is 5.42. The molecule has 1 heterocycles. The Labute approximate surface area is 217 Å². The number of aryl methyl sites for hydroxylation is 1. The molecule has 1 aromatic heterocycles. The van der Waals surface area contributed by atoms with E-state index >= 15 is 0 Å². The van der Waals surface area contributed by atoms with Gasteiger partial charge in [0, 0.05) is 16.6 Å². The molecule has 0 saturated carbocycles. The van der Waals surface area contributed by atoms with Gasteiger partial charge in [0.05, 0.1) is 18.1 Å². The van der Waals surface area contributed by atoms with Gasteiger partial charge in [0.25, 0.3) is 0 Å². The zero-order chi connectivity index (χ0) is 25.3. The van der Waals surface area contributed by atoms with Gasteiger partial charge >= 0.3 is 0 Å². The summed E-state index contributed by atoms with van der Waals surface area (Å²) >= 11 is 1.50. The van der Waals surface area contributed by atoms with Gasteiger partial charge in [0.2, 0.25) is 0 Å². The predicted molar refractivity (Wildman–Crippen MR) is 153 cm³/mol. The quantitative estimate of drug-likeness (QED) is 0.221. The fourth-order valence-corrected chi connectivity index (χ4v) is 4.32. The molecule has 5 aromatic rings. The Balaban J connectivity index is 0.00000148. The van der Waals surface area contributed by atoms with Crippen molar-refractivity contribution in [1.82, 2.24) is 9.97 Å². The van der Waals surface area contributed by atoms with Gasteiger partial charge in [-0.15, -0.1) is 0 Å². The van der Waals surface area contributed by atoms with Crippen molar-refractivity contribution >= 4 is 40.3 Å². The Morgan fingerprint density at radius 2 is 1.31 bits per heavy atom. The van der Waals surface area contributed by atoms with Gasteiger partial charge < -0.3 is 14.8 Å². The lowest BCUT2D eigenvalue weighted by Gasteiger charge is -2.14. The standard InChI is InChI=1S/C28H24N4OS.C2H6/c1-19-16-22(18-23(17-19)33-2)29-27-28(31-26-11-7-6-10-25(26)30-27)32-34-24-14-12-21(13-15-24)20-8-4-3-5-9-20;1-2/h3-18H,1-2H3,(H,29,30)(H,31,32);1-2H3. The average Bonchev–Trinajstić information content (AvgIpc) is 2.93. The number of para-hydroxylation sites is 2. The first-order chi connectivity index (χ1) is 17.7. The fraction of sp³-hybridized carbons (Fsp3) is 0.133.